The molecule has 0 radical (unpaired) electrons. The van der Waals surface area contributed by atoms with Gasteiger partial charge in [0.2, 0.25) is 5.95 Å². The second kappa shape index (κ2) is 4.59. The van der Waals surface area contributed by atoms with Gasteiger partial charge in [-0.05, 0) is 28.7 Å². The topological polar surface area (TPSA) is 69.6 Å². The van der Waals surface area contributed by atoms with Crippen molar-refractivity contribution in [1.82, 2.24) is 20.2 Å². The summed E-state index contributed by atoms with van der Waals surface area (Å²) in [5.74, 6) is 2.18. The molecule has 0 atom stereocenters. The summed E-state index contributed by atoms with van der Waals surface area (Å²) >= 11 is 0. The van der Waals surface area contributed by atoms with E-state index in [9.17, 15) is 0 Å². The van der Waals surface area contributed by atoms with Gasteiger partial charge >= 0.3 is 0 Å². The fraction of sp³-hybridized carbons (Fsp3) is 0.900. The van der Waals surface area contributed by atoms with Crippen molar-refractivity contribution in [1.29, 1.82) is 0 Å². The van der Waals surface area contributed by atoms with E-state index in [0.29, 0.717) is 5.95 Å². The molecule has 2 N–H and O–H groups in total. The van der Waals surface area contributed by atoms with Crippen molar-refractivity contribution < 1.29 is 0 Å². The SMILES string of the molecule is CC1CCC(CCn2nnnc2N)CC1. The molecule has 1 fully saturated rings. The Kier molecular flexibility index (Phi) is 3.18. The zero-order valence-electron chi connectivity index (χ0n) is 9.26. The summed E-state index contributed by atoms with van der Waals surface area (Å²) in [6, 6.07) is 0. The van der Waals surface area contributed by atoms with Gasteiger partial charge < -0.3 is 5.73 Å². The maximum Gasteiger partial charge on any atom is 0.240 e. The number of anilines is 1. The molecule has 0 spiro atoms. The van der Waals surface area contributed by atoms with Crippen LogP contribution in [-0.2, 0) is 6.54 Å². The van der Waals surface area contributed by atoms with E-state index in [1.807, 2.05) is 0 Å². The number of tetrazole rings is 1. The minimum Gasteiger partial charge on any atom is -0.367 e. The second-order valence-corrected chi connectivity index (χ2v) is 4.67. The van der Waals surface area contributed by atoms with E-state index in [1.54, 1.807) is 4.68 Å². The standard InChI is InChI=1S/C10H19N5/c1-8-2-4-9(5-3-8)6-7-15-10(11)12-13-14-15/h8-9H,2-7H2,1H3,(H2,11,12,14). The number of rotatable bonds is 3. The molecule has 15 heavy (non-hydrogen) atoms. The van der Waals surface area contributed by atoms with Crippen molar-refractivity contribution in [3.63, 3.8) is 0 Å². The Morgan fingerprint density at radius 1 is 1.33 bits per heavy atom. The molecule has 84 valence electrons. The first-order chi connectivity index (χ1) is 7.25. The van der Waals surface area contributed by atoms with Gasteiger partial charge in [0.05, 0.1) is 0 Å². The molecule has 1 aliphatic rings. The lowest BCUT2D eigenvalue weighted by atomic mass is 9.81. The number of aromatic nitrogens is 4. The molecule has 5 nitrogen and oxygen atoms in total. The van der Waals surface area contributed by atoms with Crippen molar-refractivity contribution in [2.24, 2.45) is 11.8 Å². The number of aryl methyl sites for hydroxylation is 1. The van der Waals surface area contributed by atoms with Crippen LogP contribution in [0.15, 0.2) is 0 Å². The summed E-state index contributed by atoms with van der Waals surface area (Å²) < 4.78 is 1.69. The zero-order chi connectivity index (χ0) is 10.7. The molecule has 1 aromatic rings. The third-order valence-corrected chi connectivity index (χ3v) is 3.44. The highest BCUT2D eigenvalue weighted by molar-refractivity contribution is 5.09. The molecule has 0 aromatic carbocycles. The summed E-state index contributed by atoms with van der Waals surface area (Å²) in [7, 11) is 0. The summed E-state index contributed by atoms with van der Waals surface area (Å²) in [5.41, 5.74) is 5.61. The number of nitrogen functional groups attached to an aromatic ring is 1. The predicted octanol–water partition coefficient (Wildman–Crippen LogP) is 1.47. The van der Waals surface area contributed by atoms with E-state index >= 15 is 0 Å². The Morgan fingerprint density at radius 2 is 2.07 bits per heavy atom. The van der Waals surface area contributed by atoms with Crippen LogP contribution in [0.1, 0.15) is 39.0 Å². The van der Waals surface area contributed by atoms with Crippen molar-refractivity contribution in [3.8, 4) is 0 Å². The van der Waals surface area contributed by atoms with Gasteiger partial charge in [-0.15, -0.1) is 0 Å². The van der Waals surface area contributed by atoms with E-state index in [-0.39, 0.29) is 0 Å². The van der Waals surface area contributed by atoms with Gasteiger partial charge in [-0.1, -0.05) is 37.7 Å². The maximum atomic E-state index is 5.61. The lowest BCUT2D eigenvalue weighted by Gasteiger charge is -2.25. The molecule has 1 heterocycles. The molecular weight excluding hydrogens is 190 g/mol. The quantitative estimate of drug-likeness (QED) is 0.818. The molecule has 1 aromatic heterocycles. The van der Waals surface area contributed by atoms with Crippen molar-refractivity contribution in [3.05, 3.63) is 0 Å². The Labute approximate surface area is 90.0 Å². The number of hydrogen-bond donors (Lipinski definition) is 1. The fourth-order valence-electron chi connectivity index (χ4n) is 2.29. The van der Waals surface area contributed by atoms with Gasteiger partial charge in [0.15, 0.2) is 0 Å². The van der Waals surface area contributed by atoms with Gasteiger partial charge in [-0.25, -0.2) is 4.68 Å². The predicted molar refractivity (Wildman–Crippen MR) is 58.0 cm³/mol. The molecule has 0 amide bonds. The van der Waals surface area contributed by atoms with Crippen LogP contribution in [0.4, 0.5) is 5.95 Å². The van der Waals surface area contributed by atoms with E-state index in [0.717, 1.165) is 24.8 Å². The Balaban J connectivity index is 1.77. The average molecular weight is 209 g/mol. The monoisotopic (exact) mass is 209 g/mol. The summed E-state index contributed by atoms with van der Waals surface area (Å²) in [5, 5.41) is 11.1. The Hall–Kier alpha value is -1.13. The van der Waals surface area contributed by atoms with Crippen LogP contribution < -0.4 is 5.73 Å². The van der Waals surface area contributed by atoms with E-state index in [2.05, 4.69) is 22.4 Å². The molecule has 2 rings (SSSR count). The first kappa shape index (κ1) is 10.4. The van der Waals surface area contributed by atoms with E-state index in [1.165, 1.54) is 25.7 Å². The van der Waals surface area contributed by atoms with Crippen LogP contribution in [-0.4, -0.2) is 20.2 Å². The van der Waals surface area contributed by atoms with Crippen LogP contribution in [0.25, 0.3) is 0 Å². The molecule has 5 heteroatoms. The molecule has 1 saturated carbocycles. The van der Waals surface area contributed by atoms with Crippen LogP contribution in [0.3, 0.4) is 0 Å². The first-order valence-electron chi connectivity index (χ1n) is 5.77. The second-order valence-electron chi connectivity index (χ2n) is 4.67. The smallest absolute Gasteiger partial charge is 0.240 e. The van der Waals surface area contributed by atoms with Gasteiger partial charge in [-0.2, -0.15) is 0 Å². The van der Waals surface area contributed by atoms with Gasteiger partial charge in [-0.3, -0.25) is 0 Å². The highest BCUT2D eigenvalue weighted by atomic mass is 15.6. The number of nitrogens with two attached hydrogens (primary N) is 1. The van der Waals surface area contributed by atoms with Crippen molar-refractivity contribution in [2.75, 3.05) is 5.73 Å². The number of nitrogens with zero attached hydrogens (tertiary/aromatic N) is 4. The summed E-state index contributed by atoms with van der Waals surface area (Å²) in [6.45, 7) is 3.20. The van der Waals surface area contributed by atoms with Crippen molar-refractivity contribution >= 4 is 5.95 Å². The number of hydrogen-bond acceptors (Lipinski definition) is 4. The molecule has 1 aliphatic carbocycles. The Bertz CT molecular complexity index is 301. The molecule has 0 aliphatic heterocycles. The molecule has 0 bridgehead atoms. The zero-order valence-corrected chi connectivity index (χ0v) is 9.26. The normalized spacial score (nSPS) is 26.7. The van der Waals surface area contributed by atoms with E-state index in [4.69, 9.17) is 5.73 Å². The largest absolute Gasteiger partial charge is 0.367 e. The first-order valence-corrected chi connectivity index (χ1v) is 5.77. The van der Waals surface area contributed by atoms with Crippen molar-refractivity contribution in [2.45, 2.75) is 45.6 Å². The van der Waals surface area contributed by atoms with Crippen LogP contribution in [0.5, 0.6) is 0 Å². The third-order valence-electron chi connectivity index (χ3n) is 3.44. The lowest BCUT2D eigenvalue weighted by molar-refractivity contribution is 0.266. The fourth-order valence-corrected chi connectivity index (χ4v) is 2.29. The molecule has 0 saturated heterocycles. The Morgan fingerprint density at radius 3 is 2.67 bits per heavy atom. The van der Waals surface area contributed by atoms with Crippen LogP contribution in [0, 0.1) is 11.8 Å². The average Bonchev–Trinajstić information content (AvgIpc) is 2.63. The highest BCUT2D eigenvalue weighted by Gasteiger charge is 2.18. The highest BCUT2D eigenvalue weighted by Crippen LogP contribution is 2.30. The van der Waals surface area contributed by atoms with Gasteiger partial charge in [0.1, 0.15) is 0 Å². The van der Waals surface area contributed by atoms with Gasteiger partial charge in [0.25, 0.3) is 0 Å². The lowest BCUT2D eigenvalue weighted by Crippen LogP contribution is -2.15. The minimum atomic E-state index is 0.430. The summed E-state index contributed by atoms with van der Waals surface area (Å²) in [6.07, 6.45) is 6.60. The van der Waals surface area contributed by atoms with E-state index < -0.39 is 0 Å². The molecule has 0 unspecified atom stereocenters. The third kappa shape index (κ3) is 2.67. The van der Waals surface area contributed by atoms with Gasteiger partial charge in [0, 0.05) is 6.54 Å². The van der Waals surface area contributed by atoms with Crippen LogP contribution in [0.2, 0.25) is 0 Å². The molecular formula is C10H19N5. The minimum absolute atomic E-state index is 0.430. The van der Waals surface area contributed by atoms with Crippen LogP contribution >= 0.6 is 0 Å². The maximum absolute atomic E-state index is 5.61. The summed E-state index contributed by atoms with van der Waals surface area (Å²) in [4.78, 5) is 0.